The van der Waals surface area contributed by atoms with Crippen LogP contribution in [0.5, 0.6) is 0 Å². The van der Waals surface area contributed by atoms with Gasteiger partial charge in [-0.3, -0.25) is 4.79 Å². The van der Waals surface area contributed by atoms with Gasteiger partial charge >= 0.3 is 0 Å². The van der Waals surface area contributed by atoms with Crippen molar-refractivity contribution < 1.29 is 9.18 Å². The predicted octanol–water partition coefficient (Wildman–Crippen LogP) is 1.89. The highest BCUT2D eigenvalue weighted by Crippen LogP contribution is 2.19. The average molecular weight is 286 g/mol. The lowest BCUT2D eigenvalue weighted by molar-refractivity contribution is -0.131. The largest absolute Gasteiger partial charge is 0.350 e. The maximum atomic E-state index is 13.1. The van der Waals surface area contributed by atoms with Crippen LogP contribution in [0.2, 0.25) is 0 Å². The van der Waals surface area contributed by atoms with E-state index in [2.05, 4.69) is 4.98 Å². The Bertz CT molecular complexity index is 457. The van der Waals surface area contributed by atoms with Crippen LogP contribution in [-0.4, -0.2) is 47.3 Å². The fourth-order valence-electron chi connectivity index (χ4n) is 2.32. The van der Waals surface area contributed by atoms with E-state index in [0.717, 1.165) is 0 Å². The molecule has 0 saturated carbocycles. The lowest BCUT2D eigenvalue weighted by Crippen LogP contribution is -2.54. The van der Waals surface area contributed by atoms with Crippen LogP contribution in [0.4, 0.5) is 10.2 Å². The molecule has 104 valence electrons. The van der Waals surface area contributed by atoms with Gasteiger partial charge in [0.2, 0.25) is 11.9 Å². The molecule has 1 unspecified atom stereocenters. The molecule has 0 spiro atoms. The van der Waals surface area contributed by atoms with Gasteiger partial charge < -0.3 is 9.80 Å². The lowest BCUT2D eigenvalue weighted by Gasteiger charge is -2.40. The molecule has 1 aromatic heterocycles. The minimum absolute atomic E-state index is 0.0775. The van der Waals surface area contributed by atoms with Gasteiger partial charge in [0.05, 0.1) is 0 Å². The van der Waals surface area contributed by atoms with E-state index in [9.17, 15) is 9.18 Å². The van der Waals surface area contributed by atoms with Crippen LogP contribution in [0, 0.1) is 5.95 Å². The van der Waals surface area contributed by atoms with Gasteiger partial charge in [0.15, 0.2) is 0 Å². The van der Waals surface area contributed by atoms with E-state index < -0.39 is 5.95 Å². The molecule has 2 rings (SSSR count). The van der Waals surface area contributed by atoms with E-state index in [0.29, 0.717) is 37.8 Å². The van der Waals surface area contributed by atoms with Crippen LogP contribution in [-0.2, 0) is 4.79 Å². The number of carbonyl (C=O) groups is 1. The number of hydrogen-bond acceptors (Lipinski definition) is 3. The number of rotatable bonds is 3. The standard InChI is InChI=1S/C13H17ClFN3O/c1-10-9-17(13(19)5-6-14)7-8-18(10)12-4-2-3-11(15)16-12/h2-4,10H,5-9H2,1H3. The third-order valence-corrected chi connectivity index (χ3v) is 3.47. The molecule has 4 nitrogen and oxygen atoms in total. The second-order valence-corrected chi connectivity index (χ2v) is 5.02. The quantitative estimate of drug-likeness (QED) is 0.628. The lowest BCUT2D eigenvalue weighted by atomic mass is 10.1. The molecule has 0 bridgehead atoms. The Balaban J connectivity index is 2.03. The summed E-state index contributed by atoms with van der Waals surface area (Å²) >= 11 is 5.58. The first-order valence-electron chi connectivity index (χ1n) is 6.34. The van der Waals surface area contributed by atoms with Crippen molar-refractivity contribution in [3.63, 3.8) is 0 Å². The van der Waals surface area contributed by atoms with Crippen LogP contribution in [0.15, 0.2) is 18.2 Å². The van der Waals surface area contributed by atoms with Crippen LogP contribution in [0.3, 0.4) is 0 Å². The van der Waals surface area contributed by atoms with Crippen molar-refractivity contribution in [2.45, 2.75) is 19.4 Å². The topological polar surface area (TPSA) is 36.4 Å². The van der Waals surface area contributed by atoms with E-state index in [1.54, 1.807) is 12.1 Å². The molecule has 1 aliphatic rings. The van der Waals surface area contributed by atoms with Crippen molar-refractivity contribution in [3.05, 3.63) is 24.1 Å². The zero-order chi connectivity index (χ0) is 13.8. The minimum atomic E-state index is -0.481. The second-order valence-electron chi connectivity index (χ2n) is 4.64. The fraction of sp³-hybridized carbons (Fsp3) is 0.538. The van der Waals surface area contributed by atoms with Crippen molar-refractivity contribution in [2.24, 2.45) is 0 Å². The van der Waals surface area contributed by atoms with Gasteiger partial charge in [0.1, 0.15) is 5.82 Å². The third kappa shape index (κ3) is 3.35. The zero-order valence-electron chi connectivity index (χ0n) is 10.9. The van der Waals surface area contributed by atoms with Crippen molar-refractivity contribution >= 4 is 23.3 Å². The first kappa shape index (κ1) is 14.1. The summed E-state index contributed by atoms with van der Waals surface area (Å²) in [5.41, 5.74) is 0. The summed E-state index contributed by atoms with van der Waals surface area (Å²) in [7, 11) is 0. The van der Waals surface area contributed by atoms with Gasteiger partial charge in [0.25, 0.3) is 0 Å². The first-order valence-corrected chi connectivity index (χ1v) is 6.88. The average Bonchev–Trinajstić information content (AvgIpc) is 2.38. The molecule has 19 heavy (non-hydrogen) atoms. The maximum absolute atomic E-state index is 13.1. The summed E-state index contributed by atoms with van der Waals surface area (Å²) in [6, 6.07) is 4.88. The molecule has 1 fully saturated rings. The van der Waals surface area contributed by atoms with Crippen LogP contribution >= 0.6 is 11.6 Å². The van der Waals surface area contributed by atoms with E-state index in [1.807, 2.05) is 16.7 Å². The summed E-state index contributed by atoms with van der Waals surface area (Å²) in [4.78, 5) is 19.5. The Hall–Kier alpha value is -1.36. The van der Waals surface area contributed by atoms with Gasteiger partial charge in [-0.2, -0.15) is 4.39 Å². The van der Waals surface area contributed by atoms with E-state index in [4.69, 9.17) is 11.6 Å². The highest BCUT2D eigenvalue weighted by molar-refractivity contribution is 6.18. The summed E-state index contributed by atoms with van der Waals surface area (Å²) < 4.78 is 13.1. The Kier molecular flexibility index (Phi) is 4.58. The van der Waals surface area contributed by atoms with Gasteiger partial charge in [-0.15, -0.1) is 11.6 Å². The highest BCUT2D eigenvalue weighted by Gasteiger charge is 2.27. The summed E-state index contributed by atoms with van der Waals surface area (Å²) in [5, 5.41) is 0. The van der Waals surface area contributed by atoms with Gasteiger partial charge in [-0.05, 0) is 19.1 Å². The summed E-state index contributed by atoms with van der Waals surface area (Å²) in [5.74, 6) is 0.565. The molecule has 1 atom stereocenters. The Morgan fingerprint density at radius 1 is 1.53 bits per heavy atom. The zero-order valence-corrected chi connectivity index (χ0v) is 11.6. The number of nitrogens with zero attached hydrogens (tertiary/aromatic N) is 3. The predicted molar refractivity (Wildman–Crippen MR) is 72.9 cm³/mol. The molecule has 1 aromatic rings. The Labute approximate surface area is 117 Å². The van der Waals surface area contributed by atoms with Crippen molar-refractivity contribution in [2.75, 3.05) is 30.4 Å². The number of halogens is 2. The molecule has 0 aliphatic carbocycles. The summed E-state index contributed by atoms with van der Waals surface area (Å²) in [6.07, 6.45) is 0.368. The third-order valence-electron chi connectivity index (χ3n) is 3.28. The molecule has 0 radical (unpaired) electrons. The van der Waals surface area contributed by atoms with Gasteiger partial charge in [0, 0.05) is 38.0 Å². The molecular formula is C13H17ClFN3O. The molecule has 1 saturated heterocycles. The maximum Gasteiger partial charge on any atom is 0.223 e. The number of hydrogen-bond donors (Lipinski definition) is 0. The van der Waals surface area contributed by atoms with Crippen molar-refractivity contribution in [3.8, 4) is 0 Å². The summed E-state index contributed by atoms with van der Waals surface area (Å²) in [6.45, 7) is 3.91. The number of carbonyl (C=O) groups excluding carboxylic acids is 1. The van der Waals surface area contributed by atoms with Crippen LogP contribution in [0.25, 0.3) is 0 Å². The molecule has 1 amide bonds. The van der Waals surface area contributed by atoms with E-state index >= 15 is 0 Å². The number of alkyl halides is 1. The molecule has 1 aliphatic heterocycles. The first-order chi connectivity index (χ1) is 9.11. The molecule has 0 N–H and O–H groups in total. The normalized spacial score (nSPS) is 19.6. The van der Waals surface area contributed by atoms with Crippen LogP contribution < -0.4 is 4.90 Å². The van der Waals surface area contributed by atoms with Gasteiger partial charge in [-0.25, -0.2) is 4.98 Å². The Morgan fingerprint density at radius 3 is 2.95 bits per heavy atom. The number of anilines is 1. The van der Waals surface area contributed by atoms with Gasteiger partial charge in [-0.1, -0.05) is 6.07 Å². The Morgan fingerprint density at radius 2 is 2.32 bits per heavy atom. The number of pyridine rings is 1. The van der Waals surface area contributed by atoms with Crippen molar-refractivity contribution in [1.82, 2.24) is 9.88 Å². The second kappa shape index (κ2) is 6.19. The SMILES string of the molecule is CC1CN(C(=O)CCCl)CCN1c1cccc(F)n1. The van der Waals surface area contributed by atoms with E-state index in [-0.39, 0.29) is 11.9 Å². The number of aromatic nitrogens is 1. The monoisotopic (exact) mass is 285 g/mol. The van der Waals surface area contributed by atoms with E-state index in [1.165, 1.54) is 6.07 Å². The number of piperazine rings is 1. The molecule has 6 heteroatoms. The molecule has 2 heterocycles. The molecular weight excluding hydrogens is 269 g/mol. The minimum Gasteiger partial charge on any atom is -0.350 e. The fourth-order valence-corrected chi connectivity index (χ4v) is 2.48. The smallest absolute Gasteiger partial charge is 0.223 e. The van der Waals surface area contributed by atoms with Crippen LogP contribution in [0.1, 0.15) is 13.3 Å². The number of amides is 1. The molecule has 0 aromatic carbocycles. The highest BCUT2D eigenvalue weighted by atomic mass is 35.5. The van der Waals surface area contributed by atoms with Crippen molar-refractivity contribution in [1.29, 1.82) is 0 Å².